The van der Waals surface area contributed by atoms with Crippen LogP contribution in [-0.4, -0.2) is 25.6 Å². The van der Waals surface area contributed by atoms with Crippen LogP contribution in [0.4, 0.5) is 11.4 Å². The summed E-state index contributed by atoms with van der Waals surface area (Å²) in [5.74, 6) is -0.0770. The molecule has 1 rings (SSSR count). The molecule has 0 saturated carbocycles. The lowest BCUT2D eigenvalue weighted by molar-refractivity contribution is 0.278. The van der Waals surface area contributed by atoms with Crippen LogP contribution in [0.5, 0.6) is 5.75 Å². The highest BCUT2D eigenvalue weighted by atomic mass is 31.2. The fraction of sp³-hybridized carbons (Fsp3) is 0.333. The first-order chi connectivity index (χ1) is 8.04. The maximum absolute atomic E-state index is 11.7. The summed E-state index contributed by atoms with van der Waals surface area (Å²) in [4.78, 5) is 10.5. The number of benzene rings is 1. The lowest BCUT2D eigenvalue weighted by Crippen LogP contribution is -2.05. The van der Waals surface area contributed by atoms with E-state index in [9.17, 15) is 9.47 Å². The standard InChI is InChI=1S/C9H13N2O5P/c1-15-17(14,16-2)6-10-8-4-3-7(12)5-9(8)11-13/h3-5,10,12H,6H2,1-2H3. The van der Waals surface area contributed by atoms with E-state index in [4.69, 9.17) is 14.2 Å². The van der Waals surface area contributed by atoms with Gasteiger partial charge in [-0.2, -0.15) is 0 Å². The van der Waals surface area contributed by atoms with Crippen LogP contribution in [0, 0.1) is 4.91 Å². The van der Waals surface area contributed by atoms with Crippen LogP contribution in [0.1, 0.15) is 0 Å². The number of phenols is 1. The molecule has 0 heterocycles. The van der Waals surface area contributed by atoms with E-state index in [0.29, 0.717) is 5.69 Å². The summed E-state index contributed by atoms with van der Waals surface area (Å²) in [6.07, 6.45) is -0.104. The van der Waals surface area contributed by atoms with Crippen LogP contribution in [-0.2, 0) is 13.6 Å². The number of phenolic OH excluding ortho intramolecular Hbond substituents is 1. The van der Waals surface area contributed by atoms with Gasteiger partial charge in [-0.3, -0.25) is 4.57 Å². The minimum absolute atomic E-state index is 0.0174. The van der Waals surface area contributed by atoms with Crippen molar-refractivity contribution in [1.82, 2.24) is 0 Å². The zero-order chi connectivity index (χ0) is 12.9. The lowest BCUT2D eigenvalue weighted by atomic mass is 10.2. The molecule has 7 nitrogen and oxygen atoms in total. The monoisotopic (exact) mass is 260 g/mol. The van der Waals surface area contributed by atoms with Crippen molar-refractivity contribution >= 4 is 19.0 Å². The number of rotatable bonds is 6. The molecule has 94 valence electrons. The highest BCUT2D eigenvalue weighted by molar-refractivity contribution is 7.53. The molecule has 8 heteroatoms. The van der Waals surface area contributed by atoms with Crippen molar-refractivity contribution in [3.05, 3.63) is 23.1 Å². The summed E-state index contributed by atoms with van der Waals surface area (Å²) in [5, 5.41) is 14.6. The van der Waals surface area contributed by atoms with Gasteiger partial charge in [-0.05, 0) is 17.3 Å². The molecule has 0 bridgehead atoms. The molecular formula is C9H13N2O5P. The molecule has 0 atom stereocenters. The zero-order valence-electron chi connectivity index (χ0n) is 9.41. The molecular weight excluding hydrogens is 247 g/mol. The van der Waals surface area contributed by atoms with Crippen LogP contribution in [0.15, 0.2) is 23.4 Å². The highest BCUT2D eigenvalue weighted by Crippen LogP contribution is 2.46. The smallest absolute Gasteiger partial charge is 0.349 e. The minimum atomic E-state index is -3.21. The van der Waals surface area contributed by atoms with Gasteiger partial charge < -0.3 is 19.5 Å². The van der Waals surface area contributed by atoms with Gasteiger partial charge in [-0.1, -0.05) is 0 Å². The van der Waals surface area contributed by atoms with Crippen molar-refractivity contribution in [2.45, 2.75) is 0 Å². The first kappa shape index (κ1) is 13.6. The van der Waals surface area contributed by atoms with E-state index in [-0.39, 0.29) is 17.7 Å². The summed E-state index contributed by atoms with van der Waals surface area (Å²) in [6, 6.07) is 4.02. The fourth-order valence-electron chi connectivity index (χ4n) is 1.13. The van der Waals surface area contributed by atoms with Gasteiger partial charge in [-0.25, -0.2) is 0 Å². The number of nitroso groups, excluding NO2 is 1. The van der Waals surface area contributed by atoms with Crippen LogP contribution in [0.2, 0.25) is 0 Å². The normalized spacial score (nSPS) is 11.2. The fourth-order valence-corrected chi connectivity index (χ4v) is 1.90. The van der Waals surface area contributed by atoms with Crippen molar-refractivity contribution in [3.8, 4) is 5.75 Å². The van der Waals surface area contributed by atoms with E-state index >= 15 is 0 Å². The average Bonchev–Trinajstić information content (AvgIpc) is 2.36. The number of anilines is 1. The number of nitrogens with one attached hydrogen (secondary N) is 1. The van der Waals surface area contributed by atoms with Gasteiger partial charge in [0.1, 0.15) is 17.7 Å². The molecule has 0 unspecified atom stereocenters. The molecule has 1 aromatic carbocycles. The van der Waals surface area contributed by atoms with E-state index in [0.717, 1.165) is 0 Å². The first-order valence-electron chi connectivity index (χ1n) is 4.65. The van der Waals surface area contributed by atoms with Crippen molar-refractivity contribution in [2.24, 2.45) is 5.18 Å². The van der Waals surface area contributed by atoms with E-state index in [1.54, 1.807) is 0 Å². The Morgan fingerprint density at radius 2 is 2.06 bits per heavy atom. The first-order valence-corrected chi connectivity index (χ1v) is 6.38. The second-order valence-corrected chi connectivity index (χ2v) is 5.37. The van der Waals surface area contributed by atoms with Crippen molar-refractivity contribution in [2.75, 3.05) is 25.8 Å². The third-order valence-electron chi connectivity index (χ3n) is 2.10. The Morgan fingerprint density at radius 1 is 1.41 bits per heavy atom. The summed E-state index contributed by atoms with van der Waals surface area (Å²) in [5.41, 5.74) is 0.357. The molecule has 0 fully saturated rings. The quantitative estimate of drug-likeness (QED) is 0.463. The highest BCUT2D eigenvalue weighted by Gasteiger charge is 2.21. The molecule has 0 saturated heterocycles. The molecule has 2 N–H and O–H groups in total. The number of aromatic hydroxyl groups is 1. The van der Waals surface area contributed by atoms with Crippen molar-refractivity contribution in [3.63, 3.8) is 0 Å². The third kappa shape index (κ3) is 3.52. The van der Waals surface area contributed by atoms with Gasteiger partial charge in [-0.15, -0.1) is 4.91 Å². The average molecular weight is 260 g/mol. The van der Waals surface area contributed by atoms with Crippen LogP contribution < -0.4 is 5.32 Å². The molecule has 0 amide bonds. The second kappa shape index (κ2) is 5.77. The Kier molecular flexibility index (Phi) is 4.62. The van der Waals surface area contributed by atoms with E-state index in [2.05, 4.69) is 10.5 Å². The molecule has 0 aliphatic heterocycles. The molecule has 17 heavy (non-hydrogen) atoms. The maximum atomic E-state index is 11.7. The Morgan fingerprint density at radius 3 is 2.59 bits per heavy atom. The third-order valence-corrected chi connectivity index (χ3v) is 3.76. The van der Waals surface area contributed by atoms with Crippen molar-refractivity contribution < 1.29 is 18.7 Å². The van der Waals surface area contributed by atoms with Gasteiger partial charge in [0.05, 0.1) is 5.69 Å². The van der Waals surface area contributed by atoms with Crippen molar-refractivity contribution in [1.29, 1.82) is 0 Å². The van der Waals surface area contributed by atoms with Gasteiger partial charge in [0.15, 0.2) is 0 Å². The molecule has 0 spiro atoms. The van der Waals surface area contributed by atoms with E-state index in [1.807, 2.05) is 0 Å². The van der Waals surface area contributed by atoms with E-state index in [1.165, 1.54) is 32.4 Å². The summed E-state index contributed by atoms with van der Waals surface area (Å²) < 4.78 is 21.2. The molecule has 0 aromatic heterocycles. The Balaban J connectivity index is 2.82. The largest absolute Gasteiger partial charge is 0.508 e. The minimum Gasteiger partial charge on any atom is -0.508 e. The van der Waals surface area contributed by atoms with Crippen LogP contribution >= 0.6 is 7.60 Å². The Labute approximate surface area is 98.3 Å². The molecule has 0 aliphatic rings. The maximum Gasteiger partial charge on any atom is 0.349 e. The molecule has 0 aliphatic carbocycles. The second-order valence-electron chi connectivity index (χ2n) is 3.10. The number of hydrogen-bond acceptors (Lipinski definition) is 7. The summed E-state index contributed by atoms with van der Waals surface area (Å²) >= 11 is 0. The van der Waals surface area contributed by atoms with Gasteiger partial charge in [0.25, 0.3) is 0 Å². The van der Waals surface area contributed by atoms with Crippen LogP contribution in [0.25, 0.3) is 0 Å². The van der Waals surface area contributed by atoms with Gasteiger partial charge in [0.2, 0.25) is 0 Å². The van der Waals surface area contributed by atoms with Gasteiger partial charge in [0, 0.05) is 20.3 Å². The topological polar surface area (TPSA) is 97.2 Å². The Bertz CT molecular complexity index is 443. The number of hydrogen-bond donors (Lipinski definition) is 2. The lowest BCUT2D eigenvalue weighted by Gasteiger charge is -2.15. The summed E-state index contributed by atoms with van der Waals surface area (Å²) in [7, 11) is -0.675. The SMILES string of the molecule is COP(=O)(CNc1ccc(O)cc1N=O)OC. The summed E-state index contributed by atoms with van der Waals surface area (Å²) in [6.45, 7) is 0. The van der Waals surface area contributed by atoms with Crippen LogP contribution in [0.3, 0.4) is 0 Å². The Hall–Kier alpha value is -1.43. The molecule has 1 aromatic rings. The number of nitrogens with zero attached hydrogens (tertiary/aromatic N) is 1. The van der Waals surface area contributed by atoms with Gasteiger partial charge >= 0.3 is 7.60 Å². The predicted molar refractivity (Wildman–Crippen MR) is 63.7 cm³/mol. The van der Waals surface area contributed by atoms with E-state index < -0.39 is 7.60 Å². The zero-order valence-corrected chi connectivity index (χ0v) is 10.3. The predicted octanol–water partition coefficient (Wildman–Crippen LogP) is 2.65. The molecule has 0 radical (unpaired) electrons.